The Labute approximate surface area is 175 Å². The zero-order chi connectivity index (χ0) is 21.1. The lowest BCUT2D eigenvalue weighted by molar-refractivity contribution is -0.184. The molecule has 0 radical (unpaired) electrons. The molecule has 2 aromatic rings. The molecule has 0 atom stereocenters. The molecule has 2 fully saturated rings. The van der Waals surface area contributed by atoms with Crippen LogP contribution in [0.3, 0.4) is 0 Å². The van der Waals surface area contributed by atoms with Gasteiger partial charge >= 0.3 is 0 Å². The van der Waals surface area contributed by atoms with Gasteiger partial charge < -0.3 is 4.74 Å². The summed E-state index contributed by atoms with van der Waals surface area (Å²) in [5.41, 5.74) is 0.0311. The highest BCUT2D eigenvalue weighted by Gasteiger charge is 2.54. The predicted octanol–water partition coefficient (Wildman–Crippen LogP) is 5.83. The molecule has 1 saturated heterocycles. The second kappa shape index (κ2) is 6.75. The third-order valence-electron chi connectivity index (χ3n) is 5.90. The molecule has 152 valence electrons. The summed E-state index contributed by atoms with van der Waals surface area (Å²) in [7, 11) is 0. The molecular weight excluding hydrogens is 391 g/mol. The van der Waals surface area contributed by atoms with E-state index < -0.39 is 22.9 Å². The van der Waals surface area contributed by atoms with Gasteiger partial charge in [-0.1, -0.05) is 41.9 Å². The summed E-state index contributed by atoms with van der Waals surface area (Å²) in [4.78, 5) is 26.7. The molecule has 2 aliphatic rings. The lowest BCUT2D eigenvalue weighted by Crippen LogP contribution is -2.58. The fourth-order valence-electron chi connectivity index (χ4n) is 4.35. The Bertz CT molecular complexity index is 995. The molecule has 0 spiro atoms. The number of ether oxygens (including phenoxy) is 1. The van der Waals surface area contributed by atoms with Crippen molar-refractivity contribution in [1.82, 2.24) is 0 Å². The van der Waals surface area contributed by atoms with Gasteiger partial charge in [0.1, 0.15) is 22.9 Å². The number of Topliss-reactive ketones (excluding diaryl/α,β-unsaturated/α-hetero) is 2. The zero-order valence-electron chi connectivity index (χ0n) is 17.0. The number of halogens is 2. The number of rotatable bonds is 3. The summed E-state index contributed by atoms with van der Waals surface area (Å²) in [6.07, 6.45) is 1.97. The standard InChI is InChI=1S/C24H24ClFO3/c1-23(2)21(27)19(22(28)24(3,4)29-23)18-14(13-9-10-13)11-12-16(20(18)25)15-7-5-6-8-17(15)26/h5-8,11-13,19H,9-10H2,1-4H3. The van der Waals surface area contributed by atoms with E-state index >= 15 is 0 Å². The van der Waals surface area contributed by atoms with Gasteiger partial charge in [-0.3, -0.25) is 9.59 Å². The van der Waals surface area contributed by atoms with Crippen LogP contribution in [0.15, 0.2) is 36.4 Å². The van der Waals surface area contributed by atoms with Crippen molar-refractivity contribution in [3.63, 3.8) is 0 Å². The Morgan fingerprint density at radius 3 is 2.07 bits per heavy atom. The molecule has 0 amide bonds. The quantitative estimate of drug-likeness (QED) is 0.593. The second-order valence-electron chi connectivity index (χ2n) is 8.97. The van der Waals surface area contributed by atoms with Crippen LogP contribution in [0.1, 0.15) is 63.5 Å². The molecule has 4 rings (SSSR count). The van der Waals surface area contributed by atoms with E-state index in [9.17, 15) is 14.0 Å². The summed E-state index contributed by atoms with van der Waals surface area (Å²) in [6.45, 7) is 6.73. The summed E-state index contributed by atoms with van der Waals surface area (Å²) in [6, 6.07) is 10.1. The van der Waals surface area contributed by atoms with Gasteiger partial charge in [0.05, 0.1) is 5.02 Å². The van der Waals surface area contributed by atoms with Crippen LogP contribution in [0.4, 0.5) is 4.39 Å². The first-order chi connectivity index (χ1) is 13.5. The highest BCUT2D eigenvalue weighted by Crippen LogP contribution is 2.50. The average Bonchev–Trinajstić information content (AvgIpc) is 3.47. The average molecular weight is 415 g/mol. The largest absolute Gasteiger partial charge is 0.354 e. The smallest absolute Gasteiger partial charge is 0.179 e. The number of hydrogen-bond donors (Lipinski definition) is 0. The summed E-state index contributed by atoms with van der Waals surface area (Å²) in [5.74, 6) is -1.77. The molecular formula is C24H24ClFO3. The number of carbonyl (C=O) groups is 2. The summed E-state index contributed by atoms with van der Waals surface area (Å²) < 4.78 is 20.3. The molecule has 0 N–H and O–H groups in total. The number of carbonyl (C=O) groups excluding carboxylic acids is 2. The molecule has 0 unspecified atom stereocenters. The van der Waals surface area contributed by atoms with Gasteiger partial charge in [0, 0.05) is 11.1 Å². The van der Waals surface area contributed by atoms with Crippen molar-refractivity contribution in [2.24, 2.45) is 0 Å². The van der Waals surface area contributed by atoms with Crippen LogP contribution in [0, 0.1) is 5.82 Å². The van der Waals surface area contributed by atoms with E-state index in [0.717, 1.165) is 18.4 Å². The van der Waals surface area contributed by atoms with Gasteiger partial charge in [0.15, 0.2) is 11.6 Å². The first kappa shape index (κ1) is 20.2. The van der Waals surface area contributed by atoms with Crippen molar-refractivity contribution >= 4 is 23.2 Å². The van der Waals surface area contributed by atoms with Gasteiger partial charge in [-0.15, -0.1) is 0 Å². The topological polar surface area (TPSA) is 43.4 Å². The minimum Gasteiger partial charge on any atom is -0.354 e. The lowest BCUT2D eigenvalue weighted by atomic mass is 9.73. The van der Waals surface area contributed by atoms with Crippen molar-refractivity contribution in [2.75, 3.05) is 0 Å². The SMILES string of the molecule is CC1(C)OC(C)(C)C(=O)C(c2c(C3CC3)ccc(-c3ccccc3F)c2Cl)C1=O. The van der Waals surface area contributed by atoms with E-state index in [4.69, 9.17) is 16.3 Å². The van der Waals surface area contributed by atoms with Crippen LogP contribution >= 0.6 is 11.6 Å². The molecule has 1 aliphatic heterocycles. The Balaban J connectivity index is 1.96. The first-order valence-electron chi connectivity index (χ1n) is 9.90. The lowest BCUT2D eigenvalue weighted by Gasteiger charge is -2.43. The van der Waals surface area contributed by atoms with E-state index in [0.29, 0.717) is 16.7 Å². The maximum absolute atomic E-state index is 14.5. The van der Waals surface area contributed by atoms with Gasteiger partial charge in [-0.05, 0) is 63.6 Å². The number of benzene rings is 2. The van der Waals surface area contributed by atoms with E-state index in [1.54, 1.807) is 52.0 Å². The molecule has 5 heteroatoms. The third kappa shape index (κ3) is 3.32. The molecule has 2 aromatic carbocycles. The monoisotopic (exact) mass is 414 g/mol. The van der Waals surface area contributed by atoms with Gasteiger partial charge in [0.25, 0.3) is 0 Å². The maximum Gasteiger partial charge on any atom is 0.179 e. The highest BCUT2D eigenvalue weighted by molar-refractivity contribution is 6.35. The van der Waals surface area contributed by atoms with Gasteiger partial charge in [-0.2, -0.15) is 0 Å². The Morgan fingerprint density at radius 2 is 1.52 bits per heavy atom. The zero-order valence-corrected chi connectivity index (χ0v) is 17.8. The Kier molecular flexibility index (Phi) is 4.71. The van der Waals surface area contributed by atoms with Gasteiger partial charge in [-0.25, -0.2) is 4.39 Å². The van der Waals surface area contributed by atoms with Crippen LogP contribution in [-0.2, 0) is 14.3 Å². The summed E-state index contributed by atoms with van der Waals surface area (Å²) in [5, 5.41) is 0.278. The van der Waals surface area contributed by atoms with Crippen molar-refractivity contribution < 1.29 is 18.7 Å². The molecule has 1 saturated carbocycles. The van der Waals surface area contributed by atoms with Crippen LogP contribution in [0.25, 0.3) is 11.1 Å². The fourth-order valence-corrected chi connectivity index (χ4v) is 4.74. The van der Waals surface area contributed by atoms with E-state index in [1.807, 2.05) is 6.07 Å². The van der Waals surface area contributed by atoms with Crippen LogP contribution < -0.4 is 0 Å². The van der Waals surface area contributed by atoms with E-state index in [2.05, 4.69) is 0 Å². The fraction of sp³-hybridized carbons (Fsp3) is 0.417. The molecule has 1 aliphatic carbocycles. The van der Waals surface area contributed by atoms with Crippen molar-refractivity contribution in [3.8, 4) is 11.1 Å². The molecule has 1 heterocycles. The van der Waals surface area contributed by atoms with Crippen LogP contribution in [-0.4, -0.2) is 22.8 Å². The minimum atomic E-state index is -1.12. The Hall–Kier alpha value is -2.04. The normalized spacial score (nSPS) is 21.4. The second-order valence-corrected chi connectivity index (χ2v) is 9.35. The van der Waals surface area contributed by atoms with Crippen molar-refractivity contribution in [3.05, 3.63) is 58.4 Å². The molecule has 3 nitrogen and oxygen atoms in total. The van der Waals surface area contributed by atoms with E-state index in [1.165, 1.54) is 6.07 Å². The van der Waals surface area contributed by atoms with Crippen molar-refractivity contribution in [2.45, 2.75) is 63.6 Å². The minimum absolute atomic E-state index is 0.270. The Morgan fingerprint density at radius 1 is 0.931 bits per heavy atom. The molecule has 29 heavy (non-hydrogen) atoms. The highest BCUT2D eigenvalue weighted by atomic mass is 35.5. The van der Waals surface area contributed by atoms with Crippen molar-refractivity contribution in [1.29, 1.82) is 0 Å². The van der Waals surface area contributed by atoms with Crippen LogP contribution in [0.5, 0.6) is 0 Å². The molecule has 0 bridgehead atoms. The maximum atomic E-state index is 14.5. The van der Waals surface area contributed by atoms with Gasteiger partial charge in [0.2, 0.25) is 0 Å². The predicted molar refractivity (Wildman–Crippen MR) is 111 cm³/mol. The number of ketones is 2. The van der Waals surface area contributed by atoms with Crippen LogP contribution in [0.2, 0.25) is 5.02 Å². The number of hydrogen-bond acceptors (Lipinski definition) is 3. The van der Waals surface area contributed by atoms with E-state index in [-0.39, 0.29) is 22.5 Å². The third-order valence-corrected chi connectivity index (χ3v) is 6.31. The first-order valence-corrected chi connectivity index (χ1v) is 10.3. The summed E-state index contributed by atoms with van der Waals surface area (Å²) >= 11 is 6.83. The molecule has 0 aromatic heterocycles.